The van der Waals surface area contributed by atoms with E-state index in [9.17, 15) is 24.0 Å². The smallest absolute Gasteiger partial charge is 0.305 e. The summed E-state index contributed by atoms with van der Waals surface area (Å²) in [6, 6.07) is 0. The summed E-state index contributed by atoms with van der Waals surface area (Å²) in [5, 5.41) is 0. The zero-order valence-electron chi connectivity index (χ0n) is 23.0. The average molecular weight is 547 g/mol. The first-order valence-corrected chi connectivity index (χ1v) is 12.5. The molecule has 13 heteroatoms. The maximum Gasteiger partial charge on any atom is 0.305 e. The van der Waals surface area contributed by atoms with Crippen molar-refractivity contribution in [2.45, 2.75) is 98.5 Å². The van der Waals surface area contributed by atoms with Crippen molar-refractivity contribution >= 4 is 29.8 Å². The molecule has 0 saturated carbocycles. The van der Waals surface area contributed by atoms with Gasteiger partial charge in [-0.25, -0.2) is 0 Å². The summed E-state index contributed by atoms with van der Waals surface area (Å²) in [5.74, 6) is -4.06. The molecule has 0 spiro atoms. The van der Waals surface area contributed by atoms with Crippen LogP contribution in [-0.4, -0.2) is 86.2 Å². The maximum absolute atomic E-state index is 11.9. The van der Waals surface area contributed by atoms with Crippen LogP contribution in [-0.2, 0) is 61.9 Å². The summed E-state index contributed by atoms with van der Waals surface area (Å²) in [4.78, 5) is 58.5. The average Bonchev–Trinajstić information content (AvgIpc) is 2.79. The fraction of sp³-hybridized carbons (Fsp3) is 0.800. The predicted octanol–water partition coefficient (Wildman–Crippen LogP) is 1.28. The van der Waals surface area contributed by atoms with Crippen molar-refractivity contribution in [3.05, 3.63) is 0 Å². The van der Waals surface area contributed by atoms with Gasteiger partial charge in [-0.3, -0.25) is 24.0 Å². The minimum atomic E-state index is -1.29. The molecule has 38 heavy (non-hydrogen) atoms. The number of carbonyl (C=O) groups excluding carboxylic acids is 5. The number of rotatable bonds is 9. The van der Waals surface area contributed by atoms with E-state index in [1.54, 1.807) is 6.92 Å². The highest BCUT2D eigenvalue weighted by molar-refractivity contribution is 5.68. The molecule has 0 aromatic rings. The van der Waals surface area contributed by atoms with Gasteiger partial charge in [-0.1, -0.05) is 20.8 Å². The highest BCUT2D eigenvalue weighted by Gasteiger charge is 2.52. The minimum Gasteiger partial charge on any atom is -0.463 e. The van der Waals surface area contributed by atoms with Crippen LogP contribution in [0.15, 0.2) is 0 Å². The SMILES string of the molecule is CC(=O)OCC1O[C@@H](O[C@H]2C(C)C(OC(C)=O)[C@H](OC(C)=O)O[C@H]2COC(C)=O)C(OC(C)=O)[C@@H](C)[C@H]1C. The van der Waals surface area contributed by atoms with Crippen molar-refractivity contribution in [1.29, 1.82) is 0 Å². The molecule has 0 aliphatic carbocycles. The Bertz CT molecular complexity index is 869. The van der Waals surface area contributed by atoms with Crippen LogP contribution < -0.4 is 0 Å². The molecule has 2 aliphatic heterocycles. The van der Waals surface area contributed by atoms with Crippen LogP contribution in [0.5, 0.6) is 0 Å². The molecule has 0 aromatic heterocycles. The van der Waals surface area contributed by atoms with E-state index >= 15 is 0 Å². The Labute approximate surface area is 221 Å². The summed E-state index contributed by atoms with van der Waals surface area (Å²) >= 11 is 0. The Morgan fingerprint density at radius 3 is 1.45 bits per heavy atom. The van der Waals surface area contributed by atoms with Crippen molar-refractivity contribution in [3.63, 3.8) is 0 Å². The predicted molar refractivity (Wildman–Crippen MR) is 126 cm³/mol. The Kier molecular flexibility index (Phi) is 11.5. The quantitative estimate of drug-likeness (QED) is 0.301. The van der Waals surface area contributed by atoms with Gasteiger partial charge >= 0.3 is 29.8 Å². The molecular weight excluding hydrogens is 508 g/mol. The van der Waals surface area contributed by atoms with Crippen molar-refractivity contribution in [2.75, 3.05) is 13.2 Å². The van der Waals surface area contributed by atoms with E-state index in [1.165, 1.54) is 34.6 Å². The fourth-order valence-electron chi connectivity index (χ4n) is 4.53. The molecule has 4 unspecified atom stereocenters. The molecule has 2 heterocycles. The van der Waals surface area contributed by atoms with E-state index < -0.39 is 78.9 Å². The van der Waals surface area contributed by atoms with Gasteiger partial charge < -0.3 is 37.9 Å². The fourth-order valence-corrected chi connectivity index (χ4v) is 4.53. The first-order chi connectivity index (χ1) is 17.7. The molecule has 13 nitrogen and oxygen atoms in total. The van der Waals surface area contributed by atoms with Crippen molar-refractivity contribution in [1.82, 2.24) is 0 Å². The van der Waals surface area contributed by atoms with Gasteiger partial charge in [0.25, 0.3) is 0 Å². The normalized spacial score (nSPS) is 34.9. The summed E-state index contributed by atoms with van der Waals surface area (Å²) < 4.78 is 44.9. The Morgan fingerprint density at radius 1 is 0.526 bits per heavy atom. The van der Waals surface area contributed by atoms with Crippen molar-refractivity contribution in [3.8, 4) is 0 Å². The highest BCUT2D eigenvalue weighted by Crippen LogP contribution is 2.38. The maximum atomic E-state index is 11.9. The van der Waals surface area contributed by atoms with Crippen LogP contribution in [0.4, 0.5) is 0 Å². The van der Waals surface area contributed by atoms with Crippen LogP contribution >= 0.6 is 0 Å². The van der Waals surface area contributed by atoms with Crippen LogP contribution in [0.1, 0.15) is 55.4 Å². The summed E-state index contributed by atoms with van der Waals surface area (Å²) in [6.07, 6.45) is -6.87. The molecule has 0 N–H and O–H groups in total. The zero-order valence-corrected chi connectivity index (χ0v) is 23.0. The monoisotopic (exact) mass is 546 g/mol. The number of carbonyl (C=O) groups is 5. The van der Waals surface area contributed by atoms with E-state index in [-0.39, 0.29) is 25.0 Å². The third-order valence-corrected chi connectivity index (χ3v) is 6.57. The lowest BCUT2D eigenvalue weighted by Crippen LogP contribution is -2.61. The summed E-state index contributed by atoms with van der Waals surface area (Å²) in [6.45, 7) is 11.2. The molecule has 2 rings (SSSR count). The third kappa shape index (κ3) is 8.63. The van der Waals surface area contributed by atoms with Gasteiger partial charge in [-0.05, 0) is 5.92 Å². The van der Waals surface area contributed by atoms with Gasteiger partial charge in [0, 0.05) is 46.5 Å². The standard InChI is InChI=1S/C25H38O13/c1-11-12(2)22(33-16(6)28)25(36-19(11)9-31-14(4)26)38-21-13(3)23(34-17(7)29)24(35-18(8)30)37-20(21)10-32-15(5)27/h11-13,19-25H,9-10H2,1-8H3/t11-,12+,13?,19?,20+,21+,22?,23?,24-,25+/m1/s1. The van der Waals surface area contributed by atoms with Crippen LogP contribution in [0.25, 0.3) is 0 Å². The molecule has 0 bridgehead atoms. The summed E-state index contributed by atoms with van der Waals surface area (Å²) in [7, 11) is 0. The largest absolute Gasteiger partial charge is 0.463 e. The molecule has 2 aliphatic rings. The van der Waals surface area contributed by atoms with Crippen LogP contribution in [0.3, 0.4) is 0 Å². The van der Waals surface area contributed by atoms with Crippen LogP contribution in [0.2, 0.25) is 0 Å². The lowest BCUT2D eigenvalue weighted by atomic mass is 9.83. The van der Waals surface area contributed by atoms with Gasteiger partial charge in [-0.2, -0.15) is 0 Å². The Balaban J connectivity index is 2.41. The molecular formula is C25H38O13. The number of ether oxygens (including phenoxy) is 8. The third-order valence-electron chi connectivity index (χ3n) is 6.57. The Hall–Kier alpha value is -2.77. The molecule has 2 saturated heterocycles. The molecule has 10 atom stereocenters. The van der Waals surface area contributed by atoms with Gasteiger partial charge in [0.1, 0.15) is 19.3 Å². The topological polar surface area (TPSA) is 159 Å². The van der Waals surface area contributed by atoms with E-state index in [1.807, 2.05) is 13.8 Å². The molecule has 0 amide bonds. The lowest BCUT2D eigenvalue weighted by Gasteiger charge is -2.48. The second-order valence-electron chi connectivity index (χ2n) is 9.63. The second-order valence-corrected chi connectivity index (χ2v) is 9.63. The van der Waals surface area contributed by atoms with Gasteiger partial charge in [0.15, 0.2) is 18.5 Å². The van der Waals surface area contributed by atoms with Crippen LogP contribution in [0, 0.1) is 17.8 Å². The number of hydrogen-bond acceptors (Lipinski definition) is 13. The highest BCUT2D eigenvalue weighted by atomic mass is 16.8. The minimum absolute atomic E-state index is 0.0499. The van der Waals surface area contributed by atoms with E-state index in [4.69, 9.17) is 37.9 Å². The van der Waals surface area contributed by atoms with Gasteiger partial charge in [0.2, 0.25) is 6.29 Å². The number of hydrogen-bond donors (Lipinski definition) is 0. The van der Waals surface area contributed by atoms with Gasteiger partial charge in [-0.15, -0.1) is 0 Å². The van der Waals surface area contributed by atoms with E-state index in [0.717, 1.165) is 0 Å². The van der Waals surface area contributed by atoms with E-state index in [0.29, 0.717) is 0 Å². The van der Waals surface area contributed by atoms with Crippen molar-refractivity contribution in [2.24, 2.45) is 17.8 Å². The lowest BCUT2D eigenvalue weighted by molar-refractivity contribution is -0.340. The molecule has 0 aromatic carbocycles. The molecule has 216 valence electrons. The number of esters is 5. The Morgan fingerprint density at radius 2 is 0.974 bits per heavy atom. The first-order valence-electron chi connectivity index (χ1n) is 12.5. The zero-order chi connectivity index (χ0) is 28.7. The van der Waals surface area contributed by atoms with Gasteiger partial charge in [0.05, 0.1) is 12.2 Å². The van der Waals surface area contributed by atoms with E-state index in [2.05, 4.69) is 0 Å². The second kappa shape index (κ2) is 13.9. The molecule has 2 fully saturated rings. The molecule has 0 radical (unpaired) electrons. The summed E-state index contributed by atoms with van der Waals surface area (Å²) in [5.41, 5.74) is 0. The first kappa shape index (κ1) is 31.4. The van der Waals surface area contributed by atoms with Crippen molar-refractivity contribution < 1.29 is 61.9 Å².